The van der Waals surface area contributed by atoms with E-state index >= 15 is 0 Å². The van der Waals surface area contributed by atoms with Crippen LogP contribution in [0.1, 0.15) is 16.9 Å². The van der Waals surface area contributed by atoms with Crippen LogP contribution in [0, 0.1) is 0 Å². The third-order valence-corrected chi connectivity index (χ3v) is 7.88. The minimum atomic E-state index is -0.184. The summed E-state index contributed by atoms with van der Waals surface area (Å²) >= 11 is 8.89. The van der Waals surface area contributed by atoms with E-state index < -0.39 is 0 Å². The van der Waals surface area contributed by atoms with Crippen molar-refractivity contribution in [3.8, 4) is 11.4 Å². The van der Waals surface area contributed by atoms with Crippen molar-refractivity contribution in [3.05, 3.63) is 74.3 Å². The fourth-order valence-electron chi connectivity index (χ4n) is 3.94. The summed E-state index contributed by atoms with van der Waals surface area (Å²) in [6.45, 7) is 0. The summed E-state index contributed by atoms with van der Waals surface area (Å²) in [6, 6.07) is 14.2. The molecule has 0 aliphatic heterocycles. The molecular weight excluding hydrogens is 478 g/mol. The molecule has 2 aromatic heterocycles. The number of nitrogens with zero attached hydrogens (tertiary/aromatic N) is 2. The monoisotopic (exact) mass is 497 g/mol. The highest BCUT2D eigenvalue weighted by atomic mass is 35.5. The molecule has 1 aliphatic rings. The Balaban J connectivity index is 1.47. The number of ether oxygens (including phenoxy) is 1. The van der Waals surface area contributed by atoms with Crippen molar-refractivity contribution in [2.24, 2.45) is 0 Å². The van der Waals surface area contributed by atoms with Crippen molar-refractivity contribution in [1.82, 2.24) is 9.55 Å². The van der Waals surface area contributed by atoms with E-state index in [1.807, 2.05) is 0 Å². The first-order valence-electron chi connectivity index (χ1n) is 10.4. The quantitative estimate of drug-likeness (QED) is 0.288. The molecule has 0 saturated carbocycles. The minimum Gasteiger partial charge on any atom is -0.497 e. The second-order valence-electron chi connectivity index (χ2n) is 7.61. The van der Waals surface area contributed by atoms with Crippen LogP contribution in [0.4, 0.5) is 5.69 Å². The minimum absolute atomic E-state index is 0.0974. The summed E-state index contributed by atoms with van der Waals surface area (Å²) in [4.78, 5) is 33.0. The van der Waals surface area contributed by atoms with Crippen LogP contribution in [0.3, 0.4) is 0 Å². The number of rotatable bonds is 6. The molecule has 2 heterocycles. The van der Waals surface area contributed by atoms with Gasteiger partial charge >= 0.3 is 0 Å². The molecule has 0 radical (unpaired) electrons. The van der Waals surface area contributed by atoms with Gasteiger partial charge in [-0.1, -0.05) is 23.4 Å². The number of benzene rings is 2. The summed E-state index contributed by atoms with van der Waals surface area (Å²) < 4.78 is 6.74. The summed E-state index contributed by atoms with van der Waals surface area (Å²) in [5.74, 6) is 0.647. The number of carbonyl (C=O) groups is 1. The number of aromatic nitrogens is 2. The van der Waals surface area contributed by atoms with E-state index in [1.165, 1.54) is 16.6 Å². The number of methoxy groups -OCH3 is 1. The number of carbonyl (C=O) groups excluding carboxylic acids is 1. The zero-order valence-corrected chi connectivity index (χ0v) is 20.1. The number of anilines is 1. The Hall–Kier alpha value is -2.81. The normalized spacial score (nSPS) is 12.7. The number of hydrogen-bond donors (Lipinski definition) is 1. The third kappa shape index (κ3) is 4.38. The lowest BCUT2D eigenvalue weighted by Crippen LogP contribution is -2.23. The lowest BCUT2D eigenvalue weighted by atomic mass is 10.2. The van der Waals surface area contributed by atoms with Gasteiger partial charge in [0.05, 0.1) is 23.9 Å². The molecule has 6 nitrogen and oxygen atoms in total. The lowest BCUT2D eigenvalue weighted by Gasteiger charge is -2.13. The van der Waals surface area contributed by atoms with E-state index in [1.54, 1.807) is 71.5 Å². The van der Waals surface area contributed by atoms with Gasteiger partial charge in [0.2, 0.25) is 5.91 Å². The van der Waals surface area contributed by atoms with Crippen LogP contribution in [0.2, 0.25) is 5.02 Å². The summed E-state index contributed by atoms with van der Waals surface area (Å²) in [5, 5.41) is 4.65. The Morgan fingerprint density at radius 1 is 1.18 bits per heavy atom. The maximum absolute atomic E-state index is 13.6. The van der Waals surface area contributed by atoms with E-state index in [2.05, 4.69) is 5.32 Å². The van der Waals surface area contributed by atoms with Gasteiger partial charge in [0.15, 0.2) is 5.16 Å². The molecule has 5 rings (SSSR count). The standard InChI is InChI=1S/C24H20ClN3O3S2/c1-31-17-11-7-15(8-12-17)26-20(29)13-32-24-27-22-21(18-3-2-4-19(18)33-22)23(30)28(24)16-9-5-14(25)6-10-16/h5-12H,2-4,13H2,1H3,(H,26,29). The Morgan fingerprint density at radius 3 is 2.67 bits per heavy atom. The molecule has 0 fully saturated rings. The maximum atomic E-state index is 13.6. The van der Waals surface area contributed by atoms with Gasteiger partial charge in [-0.25, -0.2) is 4.98 Å². The third-order valence-electron chi connectivity index (χ3n) is 5.50. The molecule has 1 amide bonds. The van der Waals surface area contributed by atoms with Crippen LogP contribution in [0.25, 0.3) is 15.9 Å². The van der Waals surface area contributed by atoms with Crippen molar-refractivity contribution in [1.29, 1.82) is 0 Å². The summed E-state index contributed by atoms with van der Waals surface area (Å²) in [7, 11) is 1.59. The second kappa shape index (κ2) is 9.21. The van der Waals surface area contributed by atoms with Gasteiger partial charge in [0, 0.05) is 15.6 Å². The van der Waals surface area contributed by atoms with Crippen molar-refractivity contribution < 1.29 is 9.53 Å². The van der Waals surface area contributed by atoms with E-state index in [0.717, 1.165) is 35.4 Å². The SMILES string of the molecule is COc1ccc(NC(=O)CSc2nc3sc4c(c3c(=O)n2-c2ccc(Cl)cc2)CCC4)cc1. The van der Waals surface area contributed by atoms with E-state index in [0.29, 0.717) is 26.9 Å². The zero-order valence-electron chi connectivity index (χ0n) is 17.8. The van der Waals surface area contributed by atoms with E-state index in [4.69, 9.17) is 21.3 Å². The molecule has 0 unspecified atom stereocenters. The topological polar surface area (TPSA) is 73.2 Å². The predicted octanol–water partition coefficient (Wildman–Crippen LogP) is 5.33. The number of hydrogen-bond acceptors (Lipinski definition) is 6. The van der Waals surface area contributed by atoms with Crippen LogP contribution in [0.5, 0.6) is 5.75 Å². The largest absolute Gasteiger partial charge is 0.497 e. The molecule has 0 atom stereocenters. The van der Waals surface area contributed by atoms with Crippen LogP contribution in [-0.4, -0.2) is 28.3 Å². The summed E-state index contributed by atoms with van der Waals surface area (Å²) in [6.07, 6.45) is 2.96. The number of fused-ring (bicyclic) bond motifs is 3. The highest BCUT2D eigenvalue weighted by molar-refractivity contribution is 7.99. The van der Waals surface area contributed by atoms with Crippen LogP contribution in [-0.2, 0) is 17.6 Å². The fraction of sp³-hybridized carbons (Fsp3) is 0.208. The molecule has 9 heteroatoms. The van der Waals surface area contributed by atoms with Crippen LogP contribution < -0.4 is 15.6 Å². The fourth-order valence-corrected chi connectivity index (χ4v) is 6.18. The average molecular weight is 498 g/mol. The molecule has 0 saturated heterocycles. The van der Waals surface area contributed by atoms with E-state index in [-0.39, 0.29) is 17.2 Å². The Labute approximate surface area is 203 Å². The van der Waals surface area contributed by atoms with Gasteiger partial charge in [-0.05, 0) is 73.4 Å². The first-order valence-corrected chi connectivity index (χ1v) is 12.6. The number of nitrogens with one attached hydrogen (secondary N) is 1. The van der Waals surface area contributed by atoms with Gasteiger partial charge in [0.1, 0.15) is 10.6 Å². The first-order chi connectivity index (χ1) is 16.0. The molecule has 0 spiro atoms. The van der Waals surface area contributed by atoms with Crippen molar-refractivity contribution in [3.63, 3.8) is 0 Å². The van der Waals surface area contributed by atoms with Crippen molar-refractivity contribution in [2.75, 3.05) is 18.2 Å². The van der Waals surface area contributed by atoms with Gasteiger partial charge < -0.3 is 10.1 Å². The first kappa shape index (κ1) is 22.0. The number of thiophene rings is 1. The molecule has 168 valence electrons. The molecule has 4 aromatic rings. The maximum Gasteiger partial charge on any atom is 0.267 e. The van der Waals surface area contributed by atoms with Crippen molar-refractivity contribution in [2.45, 2.75) is 24.4 Å². The van der Waals surface area contributed by atoms with E-state index in [9.17, 15) is 9.59 Å². The molecule has 33 heavy (non-hydrogen) atoms. The highest BCUT2D eigenvalue weighted by Gasteiger charge is 2.24. The molecule has 1 N–H and O–H groups in total. The van der Waals surface area contributed by atoms with Gasteiger partial charge in [-0.15, -0.1) is 11.3 Å². The lowest BCUT2D eigenvalue weighted by molar-refractivity contribution is -0.113. The zero-order chi connectivity index (χ0) is 22.9. The Morgan fingerprint density at radius 2 is 1.94 bits per heavy atom. The summed E-state index contributed by atoms with van der Waals surface area (Å²) in [5.41, 5.74) is 2.38. The number of amides is 1. The molecule has 2 aromatic carbocycles. The number of halogens is 1. The van der Waals surface area contributed by atoms with Crippen LogP contribution >= 0.6 is 34.7 Å². The second-order valence-corrected chi connectivity index (χ2v) is 10.1. The smallest absolute Gasteiger partial charge is 0.267 e. The molecular formula is C24H20ClN3O3S2. The Kier molecular flexibility index (Phi) is 6.14. The Bertz CT molecular complexity index is 1400. The predicted molar refractivity (Wildman–Crippen MR) is 135 cm³/mol. The van der Waals surface area contributed by atoms with Gasteiger partial charge in [-0.2, -0.15) is 0 Å². The van der Waals surface area contributed by atoms with Gasteiger partial charge in [-0.3, -0.25) is 14.2 Å². The number of aryl methyl sites for hydroxylation is 2. The van der Waals surface area contributed by atoms with Gasteiger partial charge in [0.25, 0.3) is 5.56 Å². The average Bonchev–Trinajstić information content (AvgIpc) is 3.40. The van der Waals surface area contributed by atoms with Crippen LogP contribution in [0.15, 0.2) is 58.5 Å². The molecule has 1 aliphatic carbocycles. The van der Waals surface area contributed by atoms with Crippen molar-refractivity contribution >= 4 is 56.5 Å². The number of thioether (sulfide) groups is 1. The highest BCUT2D eigenvalue weighted by Crippen LogP contribution is 2.36. The molecule has 0 bridgehead atoms.